The Balaban J connectivity index is 1.22. The highest BCUT2D eigenvalue weighted by Gasteiger charge is 2.36. The third-order valence-electron chi connectivity index (χ3n) is 6.19. The molecule has 0 radical (unpaired) electrons. The van der Waals surface area contributed by atoms with Crippen molar-refractivity contribution in [3.63, 3.8) is 0 Å². The number of aliphatic carboxylic acids is 1. The number of carboxylic acids is 1. The first-order valence-electron chi connectivity index (χ1n) is 11.4. The molecule has 2 aliphatic heterocycles. The normalized spacial score (nSPS) is 32.2. The number of rotatable bonds is 10. The number of allylic oxidation sites excluding steroid dienone is 6. The average Bonchev–Trinajstić information content (AvgIpc) is 3.15. The van der Waals surface area contributed by atoms with Crippen molar-refractivity contribution in [1.82, 2.24) is 0 Å². The van der Waals surface area contributed by atoms with Gasteiger partial charge in [0.1, 0.15) is 12.2 Å². The maximum atomic E-state index is 10.8. The van der Waals surface area contributed by atoms with E-state index in [1.165, 1.54) is 32.1 Å². The summed E-state index contributed by atoms with van der Waals surface area (Å²) in [4.78, 5) is 21.5. The Labute approximate surface area is 174 Å². The summed E-state index contributed by atoms with van der Waals surface area (Å²) >= 11 is 0. The van der Waals surface area contributed by atoms with Gasteiger partial charge in [-0.2, -0.15) is 0 Å². The minimum Gasteiger partial charge on any atom is -0.481 e. The molecule has 0 aromatic heterocycles. The molecule has 5 heteroatoms. The molecule has 5 nitrogen and oxygen atoms in total. The molecule has 1 unspecified atom stereocenters. The predicted molar refractivity (Wildman–Crippen MR) is 112 cm³/mol. The van der Waals surface area contributed by atoms with Crippen molar-refractivity contribution >= 4 is 5.97 Å². The molecule has 162 valence electrons. The quantitative estimate of drug-likeness (QED) is 0.384. The van der Waals surface area contributed by atoms with Gasteiger partial charge in [0.05, 0.1) is 18.6 Å². The first-order chi connectivity index (χ1) is 14.2. The second-order valence-electron chi connectivity index (χ2n) is 8.59. The SMILES string of the molecule is O=C(O)C[C@@H]1CC[C@@H]([C@@H]2CC[C@@H](CCCCCCC3C=CC=CC=CC3)O2)OO1. The minimum atomic E-state index is -0.843. The molecule has 3 rings (SSSR count). The van der Waals surface area contributed by atoms with Gasteiger partial charge < -0.3 is 9.84 Å². The number of carboxylic acid groups (broad SMARTS) is 1. The van der Waals surface area contributed by atoms with Crippen molar-refractivity contribution in [2.75, 3.05) is 0 Å². The van der Waals surface area contributed by atoms with Crippen molar-refractivity contribution < 1.29 is 24.4 Å². The van der Waals surface area contributed by atoms with E-state index in [9.17, 15) is 4.79 Å². The summed E-state index contributed by atoms with van der Waals surface area (Å²) in [5, 5.41) is 8.83. The first kappa shape index (κ1) is 22.3. The smallest absolute Gasteiger partial charge is 0.306 e. The molecule has 0 spiro atoms. The van der Waals surface area contributed by atoms with Crippen molar-refractivity contribution in [2.24, 2.45) is 5.92 Å². The Kier molecular flexibility index (Phi) is 9.45. The van der Waals surface area contributed by atoms with Crippen LogP contribution in [0.1, 0.15) is 77.0 Å². The molecule has 2 fully saturated rings. The van der Waals surface area contributed by atoms with Crippen LogP contribution in [0.2, 0.25) is 0 Å². The van der Waals surface area contributed by atoms with Gasteiger partial charge in [-0.1, -0.05) is 62.1 Å². The summed E-state index contributed by atoms with van der Waals surface area (Å²) in [6.07, 6.45) is 25.5. The number of carbonyl (C=O) groups is 1. The Morgan fingerprint density at radius 2 is 1.59 bits per heavy atom. The fraction of sp³-hybridized carbons (Fsp3) is 0.708. The van der Waals surface area contributed by atoms with E-state index >= 15 is 0 Å². The standard InChI is InChI=1S/C24H36O5/c25-24(26)18-21-15-17-23(29-28-21)22-16-14-20(27-22)13-9-5-4-8-12-19-10-6-2-1-3-7-11-19/h1-3,6-7,10,19-23H,4-5,8-9,11-18H2,(H,25,26)/t19?,20-,21+,22+,23+/m1/s1. The first-order valence-corrected chi connectivity index (χ1v) is 11.4. The predicted octanol–water partition coefficient (Wildman–Crippen LogP) is 5.52. The molecule has 2 saturated heterocycles. The van der Waals surface area contributed by atoms with E-state index in [0.717, 1.165) is 38.5 Å². The van der Waals surface area contributed by atoms with E-state index < -0.39 is 5.97 Å². The average molecular weight is 405 g/mol. The molecule has 0 bridgehead atoms. The molecular formula is C24H36O5. The number of hydrogen-bond acceptors (Lipinski definition) is 4. The fourth-order valence-corrected chi connectivity index (χ4v) is 4.50. The molecule has 5 atom stereocenters. The van der Waals surface area contributed by atoms with Crippen LogP contribution in [0, 0.1) is 5.92 Å². The number of unbranched alkanes of at least 4 members (excludes halogenated alkanes) is 3. The van der Waals surface area contributed by atoms with Crippen LogP contribution < -0.4 is 0 Å². The third-order valence-corrected chi connectivity index (χ3v) is 6.19. The van der Waals surface area contributed by atoms with Gasteiger partial charge in [-0.25, -0.2) is 9.78 Å². The van der Waals surface area contributed by atoms with Crippen molar-refractivity contribution in [3.8, 4) is 0 Å². The lowest BCUT2D eigenvalue weighted by Crippen LogP contribution is -2.37. The largest absolute Gasteiger partial charge is 0.481 e. The van der Waals surface area contributed by atoms with Gasteiger partial charge in [-0.3, -0.25) is 4.79 Å². The summed E-state index contributed by atoms with van der Waals surface area (Å²) < 4.78 is 6.20. The molecule has 2 heterocycles. The fourth-order valence-electron chi connectivity index (χ4n) is 4.50. The van der Waals surface area contributed by atoms with Gasteiger partial charge in [0.15, 0.2) is 0 Å². The van der Waals surface area contributed by atoms with Gasteiger partial charge in [0.2, 0.25) is 0 Å². The van der Waals surface area contributed by atoms with E-state index in [4.69, 9.17) is 19.6 Å². The van der Waals surface area contributed by atoms with Crippen LogP contribution in [0.5, 0.6) is 0 Å². The van der Waals surface area contributed by atoms with Crippen LogP contribution in [-0.2, 0) is 19.3 Å². The second-order valence-corrected chi connectivity index (χ2v) is 8.59. The van der Waals surface area contributed by atoms with E-state index in [1.54, 1.807) is 0 Å². The Morgan fingerprint density at radius 3 is 2.38 bits per heavy atom. The van der Waals surface area contributed by atoms with Crippen LogP contribution >= 0.6 is 0 Å². The van der Waals surface area contributed by atoms with E-state index in [1.807, 2.05) is 0 Å². The number of ether oxygens (including phenoxy) is 1. The van der Waals surface area contributed by atoms with Crippen LogP contribution in [0.3, 0.4) is 0 Å². The summed E-state index contributed by atoms with van der Waals surface area (Å²) in [6, 6.07) is 0. The summed E-state index contributed by atoms with van der Waals surface area (Å²) in [7, 11) is 0. The Hall–Kier alpha value is -1.43. The van der Waals surface area contributed by atoms with E-state index in [0.29, 0.717) is 12.0 Å². The van der Waals surface area contributed by atoms with Crippen molar-refractivity contribution in [2.45, 2.75) is 101 Å². The molecule has 1 N–H and O–H groups in total. The van der Waals surface area contributed by atoms with Crippen LogP contribution in [0.4, 0.5) is 0 Å². The molecule has 0 saturated carbocycles. The van der Waals surface area contributed by atoms with Gasteiger partial charge in [0.25, 0.3) is 0 Å². The monoisotopic (exact) mass is 404 g/mol. The summed E-state index contributed by atoms with van der Waals surface area (Å²) in [5.41, 5.74) is 0. The van der Waals surface area contributed by atoms with Crippen LogP contribution in [0.15, 0.2) is 36.5 Å². The van der Waals surface area contributed by atoms with Crippen molar-refractivity contribution in [1.29, 1.82) is 0 Å². The topological polar surface area (TPSA) is 65.0 Å². The Morgan fingerprint density at radius 1 is 0.828 bits per heavy atom. The number of hydrogen-bond donors (Lipinski definition) is 1. The maximum absolute atomic E-state index is 10.8. The zero-order valence-electron chi connectivity index (χ0n) is 17.4. The summed E-state index contributed by atoms with van der Waals surface area (Å²) in [5.74, 6) is -0.160. The zero-order chi connectivity index (χ0) is 20.3. The third kappa shape index (κ3) is 8.07. The molecule has 0 amide bonds. The minimum absolute atomic E-state index is 0.00561. The highest BCUT2D eigenvalue weighted by molar-refractivity contribution is 5.67. The van der Waals surface area contributed by atoms with Crippen LogP contribution in [0.25, 0.3) is 0 Å². The highest BCUT2D eigenvalue weighted by atomic mass is 17.2. The van der Waals surface area contributed by atoms with Crippen LogP contribution in [-0.4, -0.2) is 35.5 Å². The van der Waals surface area contributed by atoms with Gasteiger partial charge in [0, 0.05) is 0 Å². The lowest BCUT2D eigenvalue weighted by atomic mass is 9.95. The molecule has 0 aromatic carbocycles. The lowest BCUT2D eigenvalue weighted by Gasteiger charge is -2.30. The molecule has 0 aromatic rings. The van der Waals surface area contributed by atoms with Gasteiger partial charge >= 0.3 is 5.97 Å². The molecule has 3 aliphatic rings. The highest BCUT2D eigenvalue weighted by Crippen LogP contribution is 2.32. The van der Waals surface area contributed by atoms with E-state index in [2.05, 4.69) is 36.5 Å². The second kappa shape index (κ2) is 12.3. The molecular weight excluding hydrogens is 368 g/mol. The van der Waals surface area contributed by atoms with Gasteiger partial charge in [-0.05, 0) is 50.9 Å². The zero-order valence-corrected chi connectivity index (χ0v) is 17.4. The van der Waals surface area contributed by atoms with E-state index in [-0.39, 0.29) is 24.7 Å². The summed E-state index contributed by atoms with van der Waals surface area (Å²) in [6.45, 7) is 0. The molecule has 1 aliphatic carbocycles. The van der Waals surface area contributed by atoms with Gasteiger partial charge in [-0.15, -0.1) is 0 Å². The van der Waals surface area contributed by atoms with Crippen molar-refractivity contribution in [3.05, 3.63) is 36.5 Å². The Bertz CT molecular complexity index is 574. The molecule has 29 heavy (non-hydrogen) atoms. The maximum Gasteiger partial charge on any atom is 0.306 e. The lowest BCUT2D eigenvalue weighted by molar-refractivity contribution is -0.385.